The highest BCUT2D eigenvalue weighted by Gasteiger charge is 2.45. The van der Waals surface area contributed by atoms with Gasteiger partial charge in [-0.3, -0.25) is 4.79 Å². The van der Waals surface area contributed by atoms with Crippen LogP contribution in [-0.4, -0.2) is 75.9 Å². The Bertz CT molecular complexity index is 1180. The van der Waals surface area contributed by atoms with Gasteiger partial charge in [0.05, 0.1) is 24.9 Å². The summed E-state index contributed by atoms with van der Waals surface area (Å²) in [6.45, 7) is 2.93. The molecule has 9 heteroatoms. The first-order chi connectivity index (χ1) is 25.7. The minimum atomic E-state index is -0.373. The summed E-state index contributed by atoms with van der Waals surface area (Å²) in [7, 11) is 0. The van der Waals surface area contributed by atoms with E-state index in [1.54, 1.807) is 0 Å². The molecule has 0 radical (unpaired) electrons. The van der Waals surface area contributed by atoms with Crippen LogP contribution in [0.3, 0.4) is 0 Å². The van der Waals surface area contributed by atoms with Gasteiger partial charge >= 0.3 is 5.97 Å². The Morgan fingerprint density at radius 3 is 1.98 bits per heavy atom. The van der Waals surface area contributed by atoms with Crippen molar-refractivity contribution >= 4 is 5.97 Å². The Labute approximate surface area is 312 Å². The number of allylic oxidation sites excluding steroid dienone is 2. The second-order valence-corrected chi connectivity index (χ2v) is 15.2. The first-order valence-electron chi connectivity index (χ1n) is 20.7. The number of rotatable bonds is 18. The molecular formula is C43H64O9. The second kappa shape index (κ2) is 22.3. The summed E-state index contributed by atoms with van der Waals surface area (Å²) in [5.74, 6) is 0.139. The summed E-state index contributed by atoms with van der Waals surface area (Å²) in [5.41, 5.74) is 1.31. The van der Waals surface area contributed by atoms with E-state index in [-0.39, 0.29) is 61.3 Å². The van der Waals surface area contributed by atoms with Crippen LogP contribution < -0.4 is 0 Å². The van der Waals surface area contributed by atoms with Crippen LogP contribution in [0.5, 0.6) is 0 Å². The first kappa shape index (κ1) is 39.6. The van der Waals surface area contributed by atoms with Gasteiger partial charge in [-0.2, -0.15) is 0 Å². The molecule has 290 valence electrons. The molecule has 52 heavy (non-hydrogen) atoms. The Morgan fingerprint density at radius 2 is 1.35 bits per heavy atom. The SMILES string of the molecule is O=C(CCC/C=C\C[C@@H]1[C@@H](/C=C/[C@H](CCc2ccccc2)O[C@@H]2CCCCO2)[C@H](O[C@@H]2CCCCO2)C[C@H]1O[C@@H]1CCCCO1)O[C@@H]1CCCCO1. The van der Waals surface area contributed by atoms with Crippen molar-refractivity contribution in [3.8, 4) is 0 Å². The summed E-state index contributed by atoms with van der Waals surface area (Å²) < 4.78 is 49.6. The van der Waals surface area contributed by atoms with E-state index in [1.165, 1.54) is 5.56 Å². The third-order valence-corrected chi connectivity index (χ3v) is 11.1. The van der Waals surface area contributed by atoms with Crippen LogP contribution in [0.25, 0.3) is 0 Å². The lowest BCUT2D eigenvalue weighted by Gasteiger charge is -2.30. The van der Waals surface area contributed by atoms with E-state index in [1.807, 2.05) is 0 Å². The van der Waals surface area contributed by atoms with Gasteiger partial charge in [-0.15, -0.1) is 0 Å². The molecule has 0 aromatic heterocycles. The van der Waals surface area contributed by atoms with E-state index in [4.69, 9.17) is 37.9 Å². The molecule has 9 nitrogen and oxygen atoms in total. The molecule has 0 bridgehead atoms. The van der Waals surface area contributed by atoms with Crippen molar-refractivity contribution in [2.24, 2.45) is 11.8 Å². The molecule has 1 saturated carbocycles. The molecule has 4 heterocycles. The number of unbranched alkanes of at least 4 members (excludes halogenated alkanes) is 1. The lowest BCUT2D eigenvalue weighted by atomic mass is 9.89. The van der Waals surface area contributed by atoms with Crippen LogP contribution in [0.2, 0.25) is 0 Å². The standard InChI is InChI=1S/C43H64O9/c44-39(52-43-23-11-15-31-48-43)19-7-2-1-6-18-35-36(27-26-34(49-40-20-8-12-28-45-40)25-24-33-16-4-3-5-17-33)38(51-42-22-10-14-30-47-42)32-37(35)50-41-21-9-13-29-46-41/h1,3-6,16-17,26-27,34-38,40-43H,2,7-15,18-25,28-32H2/b6-1-,27-26+/t34-,35+,36+,37+,38+,40+,41+,42+,43+/m0/s1. The molecule has 4 saturated heterocycles. The number of hydrogen-bond donors (Lipinski definition) is 0. The zero-order valence-electron chi connectivity index (χ0n) is 31.3. The molecule has 5 aliphatic rings. The molecule has 0 spiro atoms. The number of hydrogen-bond acceptors (Lipinski definition) is 9. The molecule has 1 aromatic carbocycles. The van der Waals surface area contributed by atoms with Crippen molar-refractivity contribution in [3.05, 3.63) is 60.2 Å². The monoisotopic (exact) mass is 724 g/mol. The molecule has 6 rings (SSSR count). The van der Waals surface area contributed by atoms with Gasteiger partial charge in [0.15, 0.2) is 18.9 Å². The summed E-state index contributed by atoms with van der Waals surface area (Å²) in [4.78, 5) is 12.4. The number of carbonyl (C=O) groups excluding carboxylic acids is 1. The van der Waals surface area contributed by atoms with E-state index in [9.17, 15) is 4.79 Å². The normalized spacial score (nSPS) is 32.3. The highest BCUT2D eigenvalue weighted by molar-refractivity contribution is 5.69. The van der Waals surface area contributed by atoms with Gasteiger partial charge in [0.25, 0.3) is 0 Å². The van der Waals surface area contributed by atoms with E-state index in [2.05, 4.69) is 54.6 Å². The van der Waals surface area contributed by atoms with Crippen LogP contribution in [0.4, 0.5) is 0 Å². The van der Waals surface area contributed by atoms with E-state index in [0.717, 1.165) is 135 Å². The van der Waals surface area contributed by atoms with Gasteiger partial charge < -0.3 is 37.9 Å². The Kier molecular flexibility index (Phi) is 17.0. The van der Waals surface area contributed by atoms with Crippen molar-refractivity contribution in [3.63, 3.8) is 0 Å². The summed E-state index contributed by atoms with van der Waals surface area (Å²) in [6, 6.07) is 10.6. The highest BCUT2D eigenvalue weighted by Crippen LogP contribution is 2.42. The van der Waals surface area contributed by atoms with Crippen LogP contribution in [0.1, 0.15) is 121 Å². The predicted molar refractivity (Wildman–Crippen MR) is 198 cm³/mol. The van der Waals surface area contributed by atoms with Gasteiger partial charge in [0.2, 0.25) is 6.29 Å². The Balaban J connectivity index is 1.14. The minimum Gasteiger partial charge on any atom is -0.436 e. The summed E-state index contributed by atoms with van der Waals surface area (Å²) in [5, 5.41) is 0. The van der Waals surface area contributed by atoms with Crippen LogP contribution in [0, 0.1) is 11.8 Å². The fraction of sp³-hybridized carbons (Fsp3) is 0.744. The molecule has 0 amide bonds. The van der Waals surface area contributed by atoms with Gasteiger partial charge in [-0.05, 0) is 114 Å². The number of carbonyl (C=O) groups is 1. The largest absolute Gasteiger partial charge is 0.436 e. The summed E-state index contributed by atoms with van der Waals surface area (Å²) in [6.07, 6.45) is 25.8. The maximum atomic E-state index is 12.4. The fourth-order valence-electron chi connectivity index (χ4n) is 8.16. The van der Waals surface area contributed by atoms with Crippen molar-refractivity contribution in [2.45, 2.75) is 165 Å². The molecule has 1 aromatic rings. The maximum Gasteiger partial charge on any atom is 0.308 e. The highest BCUT2D eigenvalue weighted by atomic mass is 16.7. The van der Waals surface area contributed by atoms with Crippen molar-refractivity contribution in [1.82, 2.24) is 0 Å². The average molecular weight is 725 g/mol. The average Bonchev–Trinajstić information content (AvgIpc) is 3.50. The predicted octanol–water partition coefficient (Wildman–Crippen LogP) is 8.73. The lowest BCUT2D eigenvalue weighted by Crippen LogP contribution is -2.31. The van der Waals surface area contributed by atoms with Gasteiger partial charge in [-0.25, -0.2) is 0 Å². The molecule has 0 N–H and O–H groups in total. The lowest BCUT2D eigenvalue weighted by molar-refractivity contribution is -0.203. The van der Waals surface area contributed by atoms with Gasteiger partial charge in [0, 0.05) is 45.0 Å². The first-order valence-corrected chi connectivity index (χ1v) is 20.7. The number of aryl methyl sites for hydroxylation is 1. The molecule has 0 unspecified atom stereocenters. The van der Waals surface area contributed by atoms with Gasteiger partial charge in [0.1, 0.15) is 0 Å². The Morgan fingerprint density at radius 1 is 0.731 bits per heavy atom. The quantitative estimate of drug-likeness (QED) is 0.0838. The third kappa shape index (κ3) is 13.3. The zero-order valence-corrected chi connectivity index (χ0v) is 31.3. The van der Waals surface area contributed by atoms with Crippen LogP contribution in [0.15, 0.2) is 54.6 Å². The van der Waals surface area contributed by atoms with Crippen molar-refractivity contribution in [2.75, 3.05) is 26.4 Å². The van der Waals surface area contributed by atoms with Crippen LogP contribution >= 0.6 is 0 Å². The molecule has 4 aliphatic heterocycles. The molecule has 1 aliphatic carbocycles. The molecular weight excluding hydrogens is 660 g/mol. The van der Waals surface area contributed by atoms with Crippen LogP contribution in [-0.2, 0) is 49.1 Å². The number of ether oxygens (including phenoxy) is 8. The fourth-order valence-corrected chi connectivity index (χ4v) is 8.16. The maximum absolute atomic E-state index is 12.4. The van der Waals surface area contributed by atoms with Gasteiger partial charge in [-0.1, -0.05) is 54.6 Å². The topological polar surface area (TPSA) is 90.9 Å². The Hall–Kier alpha value is -2.11. The smallest absolute Gasteiger partial charge is 0.308 e. The molecule has 9 atom stereocenters. The third-order valence-electron chi connectivity index (χ3n) is 11.1. The van der Waals surface area contributed by atoms with Crippen molar-refractivity contribution in [1.29, 1.82) is 0 Å². The molecule has 5 fully saturated rings. The zero-order chi connectivity index (χ0) is 35.6. The van der Waals surface area contributed by atoms with Crippen molar-refractivity contribution < 1.29 is 42.7 Å². The van der Waals surface area contributed by atoms with E-state index in [0.29, 0.717) is 13.0 Å². The van der Waals surface area contributed by atoms with E-state index < -0.39 is 0 Å². The van der Waals surface area contributed by atoms with E-state index >= 15 is 0 Å². The number of esters is 1. The minimum absolute atomic E-state index is 0.00757. The number of benzene rings is 1. The second-order valence-electron chi connectivity index (χ2n) is 15.2. The summed E-state index contributed by atoms with van der Waals surface area (Å²) >= 11 is 0.